The number of ether oxygens (including phenoxy) is 1. The minimum atomic E-state index is -0.480. The molecule has 0 bridgehead atoms. The maximum Gasteiger partial charge on any atom is 0.410 e. The highest BCUT2D eigenvalue weighted by molar-refractivity contribution is 5.80. The fraction of sp³-hybridized carbons (Fsp3) is 0.667. The highest BCUT2D eigenvalue weighted by atomic mass is 16.6. The SMILES string of the molecule is CN=C(NCC(C)CN(C)C(=O)OC(C)(C)C)N1CCN(c2ccccn2)CC1. The van der Waals surface area contributed by atoms with E-state index in [0.717, 1.165) is 44.5 Å². The number of guanidine groups is 1. The number of carbonyl (C=O) groups excluding carboxylic acids is 1. The van der Waals surface area contributed by atoms with E-state index in [1.807, 2.05) is 52.2 Å². The number of nitrogens with one attached hydrogen (secondary N) is 1. The van der Waals surface area contributed by atoms with Crippen LogP contribution in [0.4, 0.5) is 10.6 Å². The molecule has 2 heterocycles. The third kappa shape index (κ3) is 7.44. The zero-order chi connectivity index (χ0) is 21.4. The number of nitrogens with zero attached hydrogens (tertiary/aromatic N) is 5. The molecule has 0 aliphatic carbocycles. The maximum absolute atomic E-state index is 12.1. The van der Waals surface area contributed by atoms with Gasteiger partial charge >= 0.3 is 6.09 Å². The van der Waals surface area contributed by atoms with Crippen molar-refractivity contribution >= 4 is 17.9 Å². The molecule has 1 saturated heterocycles. The molecule has 1 unspecified atom stereocenters. The number of rotatable bonds is 5. The minimum absolute atomic E-state index is 0.263. The van der Waals surface area contributed by atoms with Gasteiger partial charge in [-0.15, -0.1) is 0 Å². The molecule has 1 aromatic heterocycles. The van der Waals surface area contributed by atoms with Crippen molar-refractivity contribution in [3.63, 3.8) is 0 Å². The molecule has 1 atom stereocenters. The molecule has 1 aliphatic heterocycles. The maximum atomic E-state index is 12.1. The van der Waals surface area contributed by atoms with Crippen LogP contribution in [0.25, 0.3) is 0 Å². The molecule has 8 nitrogen and oxygen atoms in total. The van der Waals surface area contributed by atoms with Crippen molar-refractivity contribution in [3.05, 3.63) is 24.4 Å². The van der Waals surface area contributed by atoms with Crippen molar-refractivity contribution in [2.24, 2.45) is 10.9 Å². The predicted octanol–water partition coefficient (Wildman–Crippen LogP) is 2.28. The number of amides is 1. The summed E-state index contributed by atoms with van der Waals surface area (Å²) in [5.74, 6) is 2.19. The predicted molar refractivity (Wildman–Crippen MR) is 117 cm³/mol. The van der Waals surface area contributed by atoms with Crippen molar-refractivity contribution in [1.29, 1.82) is 0 Å². The van der Waals surface area contributed by atoms with Gasteiger partial charge in [0.1, 0.15) is 11.4 Å². The van der Waals surface area contributed by atoms with Gasteiger partial charge in [-0.1, -0.05) is 13.0 Å². The van der Waals surface area contributed by atoms with Crippen LogP contribution >= 0.6 is 0 Å². The number of hydrogen-bond acceptors (Lipinski definition) is 5. The number of aromatic nitrogens is 1. The summed E-state index contributed by atoms with van der Waals surface area (Å²) in [6, 6.07) is 6.00. The lowest BCUT2D eigenvalue weighted by atomic mass is 10.1. The topological polar surface area (TPSA) is 73.3 Å². The second-order valence-electron chi connectivity index (χ2n) is 8.56. The first kappa shape index (κ1) is 22.8. The summed E-state index contributed by atoms with van der Waals surface area (Å²) in [7, 11) is 3.58. The molecule has 162 valence electrons. The van der Waals surface area contributed by atoms with Crippen LogP contribution in [0.5, 0.6) is 0 Å². The fourth-order valence-corrected chi connectivity index (χ4v) is 3.23. The Morgan fingerprint density at radius 3 is 2.55 bits per heavy atom. The second kappa shape index (κ2) is 10.3. The summed E-state index contributed by atoms with van der Waals surface area (Å²) >= 11 is 0. The lowest BCUT2D eigenvalue weighted by molar-refractivity contribution is 0.0277. The van der Waals surface area contributed by atoms with Crippen LogP contribution in [0, 0.1) is 5.92 Å². The van der Waals surface area contributed by atoms with Crippen LogP contribution in [0.2, 0.25) is 0 Å². The average molecular weight is 405 g/mol. The van der Waals surface area contributed by atoms with Crippen molar-refractivity contribution in [1.82, 2.24) is 20.1 Å². The van der Waals surface area contributed by atoms with Crippen LogP contribution in [0.1, 0.15) is 27.7 Å². The molecule has 1 aliphatic rings. The molecule has 1 fully saturated rings. The number of aliphatic imine (C=N–C) groups is 1. The van der Waals surface area contributed by atoms with Gasteiger partial charge in [0, 0.05) is 59.6 Å². The lowest BCUT2D eigenvalue weighted by Gasteiger charge is -2.37. The van der Waals surface area contributed by atoms with Gasteiger partial charge in [0.15, 0.2) is 5.96 Å². The first-order valence-electron chi connectivity index (χ1n) is 10.3. The quantitative estimate of drug-likeness (QED) is 0.600. The molecule has 29 heavy (non-hydrogen) atoms. The third-order valence-corrected chi connectivity index (χ3v) is 4.66. The first-order valence-corrected chi connectivity index (χ1v) is 10.3. The second-order valence-corrected chi connectivity index (χ2v) is 8.56. The van der Waals surface area contributed by atoms with Crippen molar-refractivity contribution in [2.45, 2.75) is 33.3 Å². The Bertz CT molecular complexity index is 665. The van der Waals surface area contributed by atoms with E-state index in [0.29, 0.717) is 6.54 Å². The molecule has 1 amide bonds. The molecule has 0 radical (unpaired) electrons. The molecular weight excluding hydrogens is 368 g/mol. The molecule has 0 spiro atoms. The van der Waals surface area contributed by atoms with E-state index in [2.05, 4.69) is 32.0 Å². The minimum Gasteiger partial charge on any atom is -0.444 e. The fourth-order valence-electron chi connectivity index (χ4n) is 3.23. The van der Waals surface area contributed by atoms with E-state index in [4.69, 9.17) is 4.74 Å². The van der Waals surface area contributed by atoms with Gasteiger partial charge < -0.3 is 24.8 Å². The molecule has 0 aromatic carbocycles. The average Bonchev–Trinajstić information content (AvgIpc) is 2.68. The van der Waals surface area contributed by atoms with Crippen LogP contribution in [-0.2, 0) is 4.74 Å². The number of piperazine rings is 1. The summed E-state index contributed by atoms with van der Waals surface area (Å²) in [4.78, 5) is 27.2. The van der Waals surface area contributed by atoms with Crippen LogP contribution < -0.4 is 10.2 Å². The largest absolute Gasteiger partial charge is 0.444 e. The van der Waals surface area contributed by atoms with E-state index in [-0.39, 0.29) is 12.0 Å². The molecule has 8 heteroatoms. The molecular formula is C21H36N6O2. The normalized spacial score (nSPS) is 16.4. The summed E-state index contributed by atoms with van der Waals surface area (Å²) in [5.41, 5.74) is -0.480. The van der Waals surface area contributed by atoms with Gasteiger partial charge in [0.05, 0.1) is 0 Å². The Kier molecular flexibility index (Phi) is 8.10. The number of carbonyl (C=O) groups is 1. The monoisotopic (exact) mass is 404 g/mol. The highest BCUT2D eigenvalue weighted by Crippen LogP contribution is 2.13. The Balaban J connectivity index is 1.77. The van der Waals surface area contributed by atoms with E-state index < -0.39 is 5.60 Å². The third-order valence-electron chi connectivity index (χ3n) is 4.66. The van der Waals surface area contributed by atoms with Crippen LogP contribution in [0.15, 0.2) is 29.4 Å². The summed E-state index contributed by atoms with van der Waals surface area (Å²) < 4.78 is 5.41. The lowest BCUT2D eigenvalue weighted by Crippen LogP contribution is -2.53. The first-order chi connectivity index (χ1) is 13.7. The smallest absolute Gasteiger partial charge is 0.410 e. The number of anilines is 1. The molecule has 1 N–H and O–H groups in total. The van der Waals surface area contributed by atoms with Crippen LogP contribution in [0.3, 0.4) is 0 Å². The Hall–Kier alpha value is -2.51. The number of pyridine rings is 1. The van der Waals surface area contributed by atoms with Gasteiger partial charge in [-0.3, -0.25) is 4.99 Å². The van der Waals surface area contributed by atoms with E-state index in [9.17, 15) is 4.79 Å². The van der Waals surface area contributed by atoms with E-state index in [1.54, 1.807) is 11.9 Å². The van der Waals surface area contributed by atoms with Gasteiger partial charge in [-0.05, 0) is 38.8 Å². The molecule has 2 rings (SSSR count). The summed E-state index contributed by atoms with van der Waals surface area (Å²) in [6.45, 7) is 12.7. The Morgan fingerprint density at radius 2 is 2.00 bits per heavy atom. The molecule has 0 saturated carbocycles. The Morgan fingerprint density at radius 1 is 1.31 bits per heavy atom. The van der Waals surface area contributed by atoms with Crippen LogP contribution in [-0.4, -0.2) is 85.8 Å². The van der Waals surface area contributed by atoms with Gasteiger partial charge in [0.2, 0.25) is 0 Å². The van der Waals surface area contributed by atoms with Gasteiger partial charge in [0.25, 0.3) is 0 Å². The van der Waals surface area contributed by atoms with E-state index in [1.165, 1.54) is 0 Å². The van der Waals surface area contributed by atoms with Gasteiger partial charge in [-0.25, -0.2) is 9.78 Å². The molecule has 1 aromatic rings. The Labute approximate surface area is 174 Å². The summed E-state index contributed by atoms with van der Waals surface area (Å²) in [5, 5.41) is 3.45. The van der Waals surface area contributed by atoms with Crippen molar-refractivity contribution in [3.8, 4) is 0 Å². The summed E-state index contributed by atoms with van der Waals surface area (Å²) in [6.07, 6.45) is 1.54. The highest BCUT2D eigenvalue weighted by Gasteiger charge is 2.22. The zero-order valence-corrected chi connectivity index (χ0v) is 18.7. The zero-order valence-electron chi connectivity index (χ0n) is 18.7. The van der Waals surface area contributed by atoms with Crippen molar-refractivity contribution < 1.29 is 9.53 Å². The van der Waals surface area contributed by atoms with E-state index >= 15 is 0 Å². The number of hydrogen-bond donors (Lipinski definition) is 1. The van der Waals surface area contributed by atoms with Gasteiger partial charge in [-0.2, -0.15) is 0 Å². The van der Waals surface area contributed by atoms with Crippen molar-refractivity contribution in [2.75, 3.05) is 58.3 Å². The standard InChI is InChI=1S/C21H36N6O2/c1-17(16-25(6)20(28)29-21(2,3)4)15-24-19(22-5)27-13-11-26(12-14-27)18-9-7-8-10-23-18/h7-10,17H,11-16H2,1-6H3,(H,22,24).